The smallest absolute Gasteiger partial charge is 0.209 e. The molecule has 0 radical (unpaired) electrons. The van der Waals surface area contributed by atoms with Crippen LogP contribution in [0.25, 0.3) is 0 Å². The summed E-state index contributed by atoms with van der Waals surface area (Å²) in [5, 5.41) is 14.6. The third-order valence-electron chi connectivity index (χ3n) is 1.92. The first-order valence-corrected chi connectivity index (χ1v) is 6.68. The maximum absolute atomic E-state index is 3.97. The molecule has 4 nitrogen and oxygen atoms in total. The van der Waals surface area contributed by atoms with Crippen molar-refractivity contribution in [3.8, 4) is 0 Å². The van der Waals surface area contributed by atoms with E-state index in [4.69, 9.17) is 0 Å². The first-order valence-electron chi connectivity index (χ1n) is 4.81. The molecule has 0 atom stereocenters. The van der Waals surface area contributed by atoms with Crippen molar-refractivity contribution in [3.05, 3.63) is 22.4 Å². The predicted octanol–water partition coefficient (Wildman–Crippen LogP) is 2.09. The van der Waals surface area contributed by atoms with Gasteiger partial charge in [-0.2, -0.15) is 0 Å². The normalized spacial score (nSPS) is 10.7. The molecule has 0 amide bonds. The molecule has 0 saturated carbocycles. The summed E-state index contributed by atoms with van der Waals surface area (Å²) in [6, 6.07) is 4.21. The molecule has 0 fully saturated rings. The van der Waals surface area contributed by atoms with Crippen molar-refractivity contribution in [2.24, 2.45) is 0 Å². The lowest BCUT2D eigenvalue weighted by Crippen LogP contribution is -2.04. The molecule has 0 saturated heterocycles. The minimum absolute atomic E-state index is 0.857. The molecular formula is C9H12N4S2. The van der Waals surface area contributed by atoms with Crippen molar-refractivity contribution in [3.63, 3.8) is 0 Å². The number of aryl methyl sites for hydroxylation is 2. The third-order valence-corrected chi connectivity index (χ3v) is 3.70. The number of aromatic nitrogens is 4. The van der Waals surface area contributed by atoms with Gasteiger partial charge in [0.15, 0.2) is 0 Å². The van der Waals surface area contributed by atoms with Gasteiger partial charge in [0.25, 0.3) is 0 Å². The summed E-state index contributed by atoms with van der Waals surface area (Å²) in [6.45, 7) is 2.96. The number of thioether (sulfide) groups is 1. The Morgan fingerprint density at radius 1 is 1.53 bits per heavy atom. The lowest BCUT2D eigenvalue weighted by atomic mass is 10.3. The number of nitrogens with zero attached hydrogens (tertiary/aromatic N) is 4. The Bertz CT molecular complexity index is 396. The van der Waals surface area contributed by atoms with Crippen LogP contribution in [-0.2, 0) is 13.0 Å². The lowest BCUT2D eigenvalue weighted by molar-refractivity contribution is 0.551. The molecule has 6 heteroatoms. The molecule has 2 heterocycles. The summed E-state index contributed by atoms with van der Waals surface area (Å²) in [4.78, 5) is 1.37. The van der Waals surface area contributed by atoms with E-state index in [1.807, 2.05) is 4.68 Å². The predicted molar refractivity (Wildman–Crippen MR) is 62.2 cm³/mol. The van der Waals surface area contributed by atoms with Gasteiger partial charge in [0.2, 0.25) is 5.16 Å². The number of rotatable bonds is 5. The second-order valence-electron chi connectivity index (χ2n) is 2.95. The van der Waals surface area contributed by atoms with Crippen LogP contribution in [0.4, 0.5) is 0 Å². The molecular weight excluding hydrogens is 228 g/mol. The lowest BCUT2D eigenvalue weighted by Gasteiger charge is -2.01. The Labute approximate surface area is 96.7 Å². The van der Waals surface area contributed by atoms with Crippen LogP contribution in [0.2, 0.25) is 0 Å². The quantitative estimate of drug-likeness (QED) is 0.751. The van der Waals surface area contributed by atoms with Crippen LogP contribution >= 0.6 is 23.1 Å². The Morgan fingerprint density at radius 2 is 2.47 bits per heavy atom. The van der Waals surface area contributed by atoms with Gasteiger partial charge in [0.1, 0.15) is 0 Å². The molecule has 0 aliphatic rings. The summed E-state index contributed by atoms with van der Waals surface area (Å²) >= 11 is 3.45. The molecule has 0 N–H and O–H groups in total. The van der Waals surface area contributed by atoms with Crippen molar-refractivity contribution in [2.75, 3.05) is 5.75 Å². The van der Waals surface area contributed by atoms with Gasteiger partial charge in [0.05, 0.1) is 6.54 Å². The van der Waals surface area contributed by atoms with Gasteiger partial charge in [-0.25, -0.2) is 4.68 Å². The first-order chi connectivity index (χ1) is 7.40. The SMILES string of the molecule is CCSc1nnnn1CCc1cccs1. The fraction of sp³-hybridized carbons (Fsp3) is 0.444. The van der Waals surface area contributed by atoms with Gasteiger partial charge < -0.3 is 0 Å². The molecule has 0 bridgehead atoms. The molecule has 0 spiro atoms. The van der Waals surface area contributed by atoms with E-state index in [-0.39, 0.29) is 0 Å². The fourth-order valence-corrected chi connectivity index (χ4v) is 2.57. The third kappa shape index (κ3) is 2.79. The summed E-state index contributed by atoms with van der Waals surface area (Å²) in [5.41, 5.74) is 0. The van der Waals surface area contributed by atoms with E-state index in [1.54, 1.807) is 23.1 Å². The van der Waals surface area contributed by atoms with Gasteiger partial charge in [-0.15, -0.1) is 16.4 Å². The number of hydrogen-bond acceptors (Lipinski definition) is 5. The maximum atomic E-state index is 3.97. The zero-order valence-corrected chi connectivity index (χ0v) is 10.1. The number of tetrazole rings is 1. The van der Waals surface area contributed by atoms with Crippen LogP contribution in [0, 0.1) is 0 Å². The zero-order chi connectivity index (χ0) is 10.5. The fourth-order valence-electron chi connectivity index (χ4n) is 1.24. The van der Waals surface area contributed by atoms with Crippen LogP contribution in [0.5, 0.6) is 0 Å². The van der Waals surface area contributed by atoms with Crippen molar-refractivity contribution in [1.29, 1.82) is 0 Å². The second kappa shape index (κ2) is 5.27. The van der Waals surface area contributed by atoms with E-state index in [1.165, 1.54) is 4.88 Å². The Morgan fingerprint density at radius 3 is 3.20 bits per heavy atom. The summed E-state index contributed by atoms with van der Waals surface area (Å²) in [7, 11) is 0. The Hall–Kier alpha value is -0.880. The molecule has 0 unspecified atom stereocenters. The van der Waals surface area contributed by atoms with Gasteiger partial charge in [-0.05, 0) is 27.6 Å². The molecule has 2 rings (SSSR count). The van der Waals surface area contributed by atoms with Gasteiger partial charge >= 0.3 is 0 Å². The average Bonchev–Trinajstić information content (AvgIpc) is 2.85. The molecule has 2 aromatic rings. The van der Waals surface area contributed by atoms with Crippen molar-refractivity contribution < 1.29 is 0 Å². The highest BCUT2D eigenvalue weighted by molar-refractivity contribution is 7.99. The molecule has 0 aromatic carbocycles. The van der Waals surface area contributed by atoms with E-state index in [0.717, 1.165) is 23.9 Å². The standard InChI is InChI=1S/C9H12N4S2/c1-2-14-9-10-11-12-13(9)6-5-8-4-3-7-15-8/h3-4,7H,2,5-6H2,1H3. The maximum Gasteiger partial charge on any atom is 0.209 e. The van der Waals surface area contributed by atoms with Crippen molar-refractivity contribution in [2.45, 2.75) is 25.0 Å². The first kappa shape index (κ1) is 10.6. The van der Waals surface area contributed by atoms with Crippen molar-refractivity contribution >= 4 is 23.1 Å². The highest BCUT2D eigenvalue weighted by atomic mass is 32.2. The van der Waals surface area contributed by atoms with Crippen LogP contribution in [0.3, 0.4) is 0 Å². The molecule has 0 aliphatic carbocycles. The minimum atomic E-state index is 0.857. The summed E-state index contributed by atoms with van der Waals surface area (Å²) < 4.78 is 1.87. The van der Waals surface area contributed by atoms with Crippen LogP contribution in [-0.4, -0.2) is 26.0 Å². The molecule has 15 heavy (non-hydrogen) atoms. The second-order valence-corrected chi connectivity index (χ2v) is 5.21. The Balaban J connectivity index is 1.95. The molecule has 2 aromatic heterocycles. The van der Waals surface area contributed by atoms with Crippen LogP contribution in [0.1, 0.15) is 11.8 Å². The van der Waals surface area contributed by atoms with Crippen LogP contribution < -0.4 is 0 Å². The summed E-state index contributed by atoms with van der Waals surface area (Å²) in [6.07, 6.45) is 1.000. The number of thiophene rings is 1. The van der Waals surface area contributed by atoms with E-state index in [9.17, 15) is 0 Å². The monoisotopic (exact) mass is 240 g/mol. The summed E-state index contributed by atoms with van der Waals surface area (Å²) in [5.74, 6) is 0.999. The van der Waals surface area contributed by atoms with Gasteiger partial charge in [-0.1, -0.05) is 24.8 Å². The van der Waals surface area contributed by atoms with E-state index >= 15 is 0 Å². The zero-order valence-electron chi connectivity index (χ0n) is 8.46. The van der Waals surface area contributed by atoms with Gasteiger partial charge in [0, 0.05) is 11.3 Å². The highest BCUT2D eigenvalue weighted by Gasteiger charge is 2.05. The highest BCUT2D eigenvalue weighted by Crippen LogP contribution is 2.14. The number of hydrogen-bond donors (Lipinski definition) is 0. The van der Waals surface area contributed by atoms with E-state index in [2.05, 4.69) is 40.0 Å². The Kier molecular flexibility index (Phi) is 3.74. The topological polar surface area (TPSA) is 43.6 Å². The molecule has 0 aliphatic heterocycles. The minimum Gasteiger partial charge on any atom is -0.220 e. The molecule has 80 valence electrons. The van der Waals surface area contributed by atoms with E-state index < -0.39 is 0 Å². The van der Waals surface area contributed by atoms with E-state index in [0.29, 0.717) is 0 Å². The largest absolute Gasteiger partial charge is 0.220 e. The van der Waals surface area contributed by atoms with Gasteiger partial charge in [-0.3, -0.25) is 0 Å². The average molecular weight is 240 g/mol. The van der Waals surface area contributed by atoms with Crippen LogP contribution in [0.15, 0.2) is 22.7 Å². The van der Waals surface area contributed by atoms with Crippen molar-refractivity contribution in [1.82, 2.24) is 20.2 Å².